The lowest BCUT2D eigenvalue weighted by molar-refractivity contribution is -0.113. The Morgan fingerprint density at radius 2 is 2.00 bits per heavy atom. The topological polar surface area (TPSA) is 81.9 Å². The molecule has 0 radical (unpaired) electrons. The van der Waals surface area contributed by atoms with Gasteiger partial charge in [-0.05, 0) is 30.3 Å². The molecular formula is C21H17Cl2N5O2S2. The summed E-state index contributed by atoms with van der Waals surface area (Å²) in [6.45, 7) is 0. The van der Waals surface area contributed by atoms with Gasteiger partial charge in [-0.1, -0.05) is 47.1 Å². The summed E-state index contributed by atoms with van der Waals surface area (Å²) in [5.41, 5.74) is 2.26. The minimum absolute atomic E-state index is 0.161. The molecule has 0 saturated heterocycles. The summed E-state index contributed by atoms with van der Waals surface area (Å²) in [5, 5.41) is 15.3. The maximum atomic E-state index is 12.4. The first kappa shape index (κ1) is 22.6. The van der Waals surface area contributed by atoms with E-state index in [4.69, 9.17) is 27.9 Å². The summed E-state index contributed by atoms with van der Waals surface area (Å²) in [5.74, 6) is 1.33. The number of hydrogen-bond donors (Lipinski definition) is 1. The number of thiazole rings is 1. The third kappa shape index (κ3) is 4.91. The zero-order chi connectivity index (χ0) is 22.7. The fraction of sp³-hybridized carbons (Fsp3) is 0.143. The van der Waals surface area contributed by atoms with Gasteiger partial charge in [0.05, 0.1) is 29.1 Å². The molecule has 0 atom stereocenters. The van der Waals surface area contributed by atoms with Crippen molar-refractivity contribution < 1.29 is 9.53 Å². The molecule has 0 fully saturated rings. The highest BCUT2D eigenvalue weighted by Crippen LogP contribution is 2.33. The molecule has 4 rings (SSSR count). The molecule has 0 spiro atoms. The van der Waals surface area contributed by atoms with Crippen LogP contribution in [0, 0.1) is 0 Å². The SMILES string of the molecule is COc1ccccc1-c1nnc(SCC(=O)Nc2nc(-c3ccc(Cl)cc3Cl)cs2)n1C. The second kappa shape index (κ2) is 9.91. The van der Waals surface area contributed by atoms with E-state index in [0.29, 0.717) is 37.6 Å². The Morgan fingerprint density at radius 1 is 1.19 bits per heavy atom. The Labute approximate surface area is 202 Å². The highest BCUT2D eigenvalue weighted by molar-refractivity contribution is 7.99. The smallest absolute Gasteiger partial charge is 0.236 e. The summed E-state index contributed by atoms with van der Waals surface area (Å²) in [6.07, 6.45) is 0. The Kier molecular flexibility index (Phi) is 7.00. The first-order chi connectivity index (χ1) is 15.5. The van der Waals surface area contributed by atoms with Gasteiger partial charge in [-0.2, -0.15) is 0 Å². The molecule has 2 heterocycles. The molecule has 0 unspecified atom stereocenters. The number of nitrogens with zero attached hydrogens (tertiary/aromatic N) is 4. The van der Waals surface area contributed by atoms with Gasteiger partial charge in [0.25, 0.3) is 0 Å². The fourth-order valence-corrected chi connectivity index (χ4v) is 4.89. The Bertz CT molecular complexity index is 1270. The van der Waals surface area contributed by atoms with Crippen molar-refractivity contribution in [3.05, 3.63) is 57.9 Å². The van der Waals surface area contributed by atoms with Crippen LogP contribution in [0.2, 0.25) is 10.0 Å². The van der Waals surface area contributed by atoms with E-state index in [1.54, 1.807) is 25.3 Å². The normalized spacial score (nSPS) is 10.9. The van der Waals surface area contributed by atoms with E-state index < -0.39 is 0 Å². The van der Waals surface area contributed by atoms with Gasteiger partial charge in [-0.15, -0.1) is 21.5 Å². The molecule has 0 aliphatic heterocycles. The number of aromatic nitrogens is 4. The lowest BCUT2D eigenvalue weighted by Gasteiger charge is -2.08. The average Bonchev–Trinajstić information content (AvgIpc) is 3.38. The zero-order valence-corrected chi connectivity index (χ0v) is 20.1. The van der Waals surface area contributed by atoms with Gasteiger partial charge in [-0.3, -0.25) is 4.79 Å². The average molecular weight is 506 g/mol. The first-order valence-electron chi connectivity index (χ1n) is 9.32. The molecular weight excluding hydrogens is 489 g/mol. The van der Waals surface area contributed by atoms with Gasteiger partial charge in [0.15, 0.2) is 16.1 Å². The van der Waals surface area contributed by atoms with Crippen LogP contribution in [0.4, 0.5) is 5.13 Å². The summed E-state index contributed by atoms with van der Waals surface area (Å²) >= 11 is 14.8. The second-order valence-corrected chi connectivity index (χ2v) is 9.21. The van der Waals surface area contributed by atoms with Crippen LogP contribution in [-0.4, -0.2) is 38.5 Å². The molecule has 32 heavy (non-hydrogen) atoms. The van der Waals surface area contributed by atoms with E-state index in [2.05, 4.69) is 20.5 Å². The van der Waals surface area contributed by atoms with Crippen molar-refractivity contribution in [2.75, 3.05) is 18.2 Å². The molecule has 0 aliphatic rings. The van der Waals surface area contributed by atoms with Crippen LogP contribution in [-0.2, 0) is 11.8 Å². The van der Waals surface area contributed by atoms with Crippen LogP contribution in [0.3, 0.4) is 0 Å². The summed E-state index contributed by atoms with van der Waals surface area (Å²) in [7, 11) is 3.46. The highest BCUT2D eigenvalue weighted by atomic mass is 35.5. The summed E-state index contributed by atoms with van der Waals surface area (Å²) in [4.78, 5) is 16.9. The minimum Gasteiger partial charge on any atom is -0.496 e. The molecule has 0 aliphatic carbocycles. The number of halogens is 2. The third-order valence-corrected chi connectivity index (χ3v) is 6.80. The second-order valence-electron chi connectivity index (χ2n) is 6.56. The number of amides is 1. The van der Waals surface area contributed by atoms with Crippen molar-refractivity contribution in [3.8, 4) is 28.4 Å². The number of benzene rings is 2. The lowest BCUT2D eigenvalue weighted by atomic mass is 10.2. The Balaban J connectivity index is 1.40. The number of ether oxygens (including phenoxy) is 1. The number of para-hydroxylation sites is 1. The number of carbonyl (C=O) groups excluding carboxylic acids is 1. The van der Waals surface area contributed by atoms with Crippen molar-refractivity contribution in [3.63, 3.8) is 0 Å². The van der Waals surface area contributed by atoms with E-state index in [1.165, 1.54) is 23.1 Å². The summed E-state index contributed by atoms with van der Waals surface area (Å²) < 4.78 is 7.24. The van der Waals surface area contributed by atoms with Crippen LogP contribution in [0.15, 0.2) is 53.0 Å². The number of carbonyl (C=O) groups is 1. The van der Waals surface area contributed by atoms with E-state index in [1.807, 2.05) is 41.3 Å². The fourth-order valence-electron chi connectivity index (χ4n) is 2.94. The number of hydrogen-bond acceptors (Lipinski definition) is 7. The van der Waals surface area contributed by atoms with Crippen molar-refractivity contribution in [2.24, 2.45) is 7.05 Å². The number of methoxy groups -OCH3 is 1. The van der Waals surface area contributed by atoms with Crippen LogP contribution in [0.1, 0.15) is 0 Å². The standard InChI is InChI=1S/C21H17Cl2N5O2S2/c1-28-19(14-5-3-4-6-17(14)30-2)26-27-21(28)32-11-18(29)25-20-24-16(10-31-20)13-8-7-12(22)9-15(13)23/h3-10H,11H2,1-2H3,(H,24,25,29). The van der Waals surface area contributed by atoms with Gasteiger partial charge in [0.2, 0.25) is 5.91 Å². The molecule has 164 valence electrons. The quantitative estimate of drug-likeness (QED) is 0.326. The number of thioether (sulfide) groups is 1. The predicted octanol–water partition coefficient (Wildman–Crippen LogP) is 5.65. The van der Waals surface area contributed by atoms with Crippen molar-refractivity contribution in [2.45, 2.75) is 5.16 Å². The van der Waals surface area contributed by atoms with Gasteiger partial charge >= 0.3 is 0 Å². The van der Waals surface area contributed by atoms with Gasteiger partial charge in [-0.25, -0.2) is 4.98 Å². The zero-order valence-electron chi connectivity index (χ0n) is 17.0. The van der Waals surface area contributed by atoms with Crippen molar-refractivity contribution >= 4 is 57.3 Å². The molecule has 7 nitrogen and oxygen atoms in total. The molecule has 11 heteroatoms. The predicted molar refractivity (Wildman–Crippen MR) is 130 cm³/mol. The monoisotopic (exact) mass is 505 g/mol. The molecule has 2 aromatic carbocycles. The third-order valence-electron chi connectivity index (χ3n) is 4.47. The van der Waals surface area contributed by atoms with E-state index in [-0.39, 0.29) is 11.7 Å². The molecule has 0 bridgehead atoms. The summed E-state index contributed by atoms with van der Waals surface area (Å²) in [6, 6.07) is 12.8. The van der Waals surface area contributed by atoms with Gasteiger partial charge in [0, 0.05) is 23.0 Å². The van der Waals surface area contributed by atoms with Gasteiger partial charge < -0.3 is 14.6 Å². The van der Waals surface area contributed by atoms with Crippen LogP contribution >= 0.6 is 46.3 Å². The molecule has 2 aromatic heterocycles. The first-order valence-corrected chi connectivity index (χ1v) is 11.9. The van der Waals surface area contributed by atoms with Crippen LogP contribution in [0.5, 0.6) is 5.75 Å². The number of nitrogens with one attached hydrogen (secondary N) is 1. The molecule has 0 saturated carbocycles. The molecule has 4 aromatic rings. The van der Waals surface area contributed by atoms with Crippen molar-refractivity contribution in [1.29, 1.82) is 0 Å². The van der Waals surface area contributed by atoms with Crippen LogP contribution in [0.25, 0.3) is 22.6 Å². The number of anilines is 1. The number of rotatable bonds is 7. The Hall–Kier alpha value is -2.59. The highest BCUT2D eigenvalue weighted by Gasteiger charge is 2.16. The van der Waals surface area contributed by atoms with E-state index in [0.717, 1.165) is 11.1 Å². The largest absolute Gasteiger partial charge is 0.496 e. The van der Waals surface area contributed by atoms with E-state index in [9.17, 15) is 4.79 Å². The Morgan fingerprint density at radius 3 is 2.78 bits per heavy atom. The molecule has 1 amide bonds. The lowest BCUT2D eigenvalue weighted by Crippen LogP contribution is -2.14. The maximum Gasteiger partial charge on any atom is 0.236 e. The molecule has 1 N–H and O–H groups in total. The maximum absolute atomic E-state index is 12.4. The van der Waals surface area contributed by atoms with Gasteiger partial charge in [0.1, 0.15) is 5.75 Å². The van der Waals surface area contributed by atoms with E-state index >= 15 is 0 Å². The van der Waals surface area contributed by atoms with Crippen LogP contribution < -0.4 is 10.1 Å². The van der Waals surface area contributed by atoms with Crippen molar-refractivity contribution in [1.82, 2.24) is 19.7 Å². The minimum atomic E-state index is -0.194.